The zero-order chi connectivity index (χ0) is 21.3. The van der Waals surface area contributed by atoms with Crippen molar-refractivity contribution in [2.45, 2.75) is 33.9 Å². The Morgan fingerprint density at radius 2 is 2.00 bits per heavy atom. The number of benzene rings is 1. The molecular weight excluding hydrogens is 376 g/mol. The molecule has 0 unspecified atom stereocenters. The summed E-state index contributed by atoms with van der Waals surface area (Å²) >= 11 is 0. The molecule has 0 amide bonds. The number of anilines is 2. The molecule has 30 heavy (non-hydrogen) atoms. The monoisotopic (exact) mass is 398 g/mol. The van der Waals surface area contributed by atoms with Crippen LogP contribution in [0.5, 0.6) is 0 Å². The Morgan fingerprint density at radius 3 is 2.77 bits per heavy atom. The highest BCUT2D eigenvalue weighted by atomic mass is 15.3. The van der Waals surface area contributed by atoms with Crippen LogP contribution in [0.2, 0.25) is 0 Å². The van der Waals surface area contributed by atoms with Crippen LogP contribution in [-0.2, 0) is 13.1 Å². The van der Waals surface area contributed by atoms with Crippen LogP contribution in [0.25, 0.3) is 11.0 Å². The molecule has 8 nitrogen and oxygen atoms in total. The standard InChI is InChI=1S/C22H22N8/c1-13-4-5-16(17(6-13)8-23)10-30-11-19-21(26-12-27-22(19)29-30)25-9-18-14(2)7-20(24)28-15(18)3/h4-7,11-12H,9-10H2,1-3H3,(H2,24,28)(H,25,26,27,29). The predicted octanol–water partition coefficient (Wildman–Crippen LogP) is 3.26. The van der Waals surface area contributed by atoms with Crippen LogP contribution >= 0.6 is 0 Å². The Bertz CT molecular complexity index is 1260. The summed E-state index contributed by atoms with van der Waals surface area (Å²) in [5.41, 5.74) is 12.1. The number of nitrogens with two attached hydrogens (primary N) is 1. The lowest BCUT2D eigenvalue weighted by atomic mass is 10.1. The van der Waals surface area contributed by atoms with Gasteiger partial charge in [0, 0.05) is 18.4 Å². The van der Waals surface area contributed by atoms with Gasteiger partial charge in [-0.1, -0.05) is 12.1 Å². The number of nitrogens with one attached hydrogen (secondary N) is 1. The van der Waals surface area contributed by atoms with Gasteiger partial charge in [-0.2, -0.15) is 10.4 Å². The number of nitrogen functional groups attached to an aromatic ring is 1. The summed E-state index contributed by atoms with van der Waals surface area (Å²) in [5, 5.41) is 18.2. The first-order valence-electron chi connectivity index (χ1n) is 9.59. The van der Waals surface area contributed by atoms with Crippen molar-refractivity contribution < 1.29 is 0 Å². The Morgan fingerprint density at radius 1 is 1.17 bits per heavy atom. The van der Waals surface area contributed by atoms with Crippen molar-refractivity contribution in [2.75, 3.05) is 11.1 Å². The maximum Gasteiger partial charge on any atom is 0.186 e. The number of hydrogen-bond acceptors (Lipinski definition) is 7. The molecule has 0 bridgehead atoms. The van der Waals surface area contributed by atoms with Gasteiger partial charge < -0.3 is 11.1 Å². The highest BCUT2D eigenvalue weighted by molar-refractivity contribution is 5.85. The molecule has 3 N–H and O–H groups in total. The zero-order valence-electron chi connectivity index (χ0n) is 17.1. The highest BCUT2D eigenvalue weighted by Gasteiger charge is 2.12. The van der Waals surface area contributed by atoms with E-state index < -0.39 is 0 Å². The molecule has 0 saturated heterocycles. The third-order valence-corrected chi connectivity index (χ3v) is 5.09. The molecule has 0 fully saturated rings. The van der Waals surface area contributed by atoms with Crippen LogP contribution in [0.15, 0.2) is 36.8 Å². The second-order valence-corrected chi connectivity index (χ2v) is 7.34. The Hall–Kier alpha value is -3.99. The molecule has 0 saturated carbocycles. The number of nitrogens with zero attached hydrogens (tertiary/aromatic N) is 6. The Balaban J connectivity index is 1.61. The molecule has 0 spiro atoms. The molecule has 0 aliphatic rings. The van der Waals surface area contributed by atoms with Crippen LogP contribution in [0.1, 0.15) is 33.5 Å². The van der Waals surface area contributed by atoms with Crippen LogP contribution in [-0.4, -0.2) is 24.7 Å². The van der Waals surface area contributed by atoms with Crippen molar-refractivity contribution >= 4 is 22.7 Å². The van der Waals surface area contributed by atoms with E-state index in [1.54, 1.807) is 4.68 Å². The molecule has 0 atom stereocenters. The lowest BCUT2D eigenvalue weighted by Gasteiger charge is -2.12. The molecule has 3 heterocycles. The van der Waals surface area contributed by atoms with E-state index in [0.717, 1.165) is 33.3 Å². The summed E-state index contributed by atoms with van der Waals surface area (Å²) in [4.78, 5) is 13.0. The predicted molar refractivity (Wildman–Crippen MR) is 116 cm³/mol. The average Bonchev–Trinajstić information content (AvgIpc) is 3.11. The van der Waals surface area contributed by atoms with E-state index in [1.165, 1.54) is 6.33 Å². The molecule has 150 valence electrons. The number of hydrogen-bond donors (Lipinski definition) is 2. The minimum Gasteiger partial charge on any atom is -0.384 e. The van der Waals surface area contributed by atoms with E-state index in [9.17, 15) is 5.26 Å². The van der Waals surface area contributed by atoms with Crippen molar-refractivity contribution in [1.82, 2.24) is 24.7 Å². The molecular formula is C22H22N8. The molecule has 1 aromatic carbocycles. The largest absolute Gasteiger partial charge is 0.384 e. The second kappa shape index (κ2) is 7.79. The first-order valence-corrected chi connectivity index (χ1v) is 9.59. The van der Waals surface area contributed by atoms with Gasteiger partial charge in [0.2, 0.25) is 0 Å². The van der Waals surface area contributed by atoms with Gasteiger partial charge in [0.05, 0.1) is 23.6 Å². The number of aromatic nitrogens is 5. The van der Waals surface area contributed by atoms with Crippen LogP contribution in [0, 0.1) is 32.1 Å². The Kier molecular flexibility index (Phi) is 5.02. The normalized spacial score (nSPS) is 10.9. The molecule has 0 aliphatic heterocycles. The van der Waals surface area contributed by atoms with Gasteiger partial charge in [-0.3, -0.25) is 4.68 Å². The first kappa shape index (κ1) is 19.3. The number of rotatable bonds is 5. The number of pyridine rings is 1. The summed E-state index contributed by atoms with van der Waals surface area (Å²) in [5.74, 6) is 1.22. The van der Waals surface area contributed by atoms with E-state index in [2.05, 4.69) is 31.4 Å². The second-order valence-electron chi connectivity index (χ2n) is 7.34. The summed E-state index contributed by atoms with van der Waals surface area (Å²) < 4.78 is 1.79. The highest BCUT2D eigenvalue weighted by Crippen LogP contribution is 2.22. The lowest BCUT2D eigenvalue weighted by Crippen LogP contribution is -2.08. The maximum atomic E-state index is 9.42. The minimum absolute atomic E-state index is 0.485. The van der Waals surface area contributed by atoms with Crippen molar-refractivity contribution in [3.8, 4) is 6.07 Å². The first-order chi connectivity index (χ1) is 14.4. The van der Waals surface area contributed by atoms with Crippen molar-refractivity contribution in [3.63, 3.8) is 0 Å². The SMILES string of the molecule is Cc1ccc(Cn2cc3c(NCc4c(C)cc(N)nc4C)ncnc3n2)c(C#N)c1. The number of nitriles is 1. The van der Waals surface area contributed by atoms with E-state index in [4.69, 9.17) is 5.73 Å². The topological polar surface area (TPSA) is 118 Å². The summed E-state index contributed by atoms with van der Waals surface area (Å²) in [6, 6.07) is 9.97. The fourth-order valence-electron chi connectivity index (χ4n) is 3.54. The van der Waals surface area contributed by atoms with E-state index in [-0.39, 0.29) is 0 Å². The summed E-state index contributed by atoms with van der Waals surface area (Å²) in [7, 11) is 0. The molecule has 8 heteroatoms. The fraction of sp³-hybridized carbons (Fsp3) is 0.227. The van der Waals surface area contributed by atoms with Crippen molar-refractivity contribution in [1.29, 1.82) is 5.26 Å². The quantitative estimate of drug-likeness (QED) is 0.529. The Labute approximate surface area is 174 Å². The zero-order valence-corrected chi connectivity index (χ0v) is 17.1. The van der Waals surface area contributed by atoms with Gasteiger partial charge in [0.1, 0.15) is 18.0 Å². The van der Waals surface area contributed by atoms with Crippen LogP contribution < -0.4 is 11.1 Å². The summed E-state index contributed by atoms with van der Waals surface area (Å²) in [6.07, 6.45) is 3.40. The lowest BCUT2D eigenvalue weighted by molar-refractivity contribution is 0.692. The maximum absolute atomic E-state index is 9.42. The van der Waals surface area contributed by atoms with Gasteiger partial charge in [-0.15, -0.1) is 0 Å². The molecule has 4 aromatic rings. The third kappa shape index (κ3) is 3.78. The molecule has 0 radical (unpaired) electrons. The van der Waals surface area contributed by atoms with Gasteiger partial charge in [-0.25, -0.2) is 15.0 Å². The van der Waals surface area contributed by atoms with E-state index in [1.807, 2.05) is 51.2 Å². The van der Waals surface area contributed by atoms with Gasteiger partial charge in [-0.05, 0) is 55.2 Å². The van der Waals surface area contributed by atoms with Crippen molar-refractivity contribution in [3.05, 3.63) is 70.3 Å². The van der Waals surface area contributed by atoms with Crippen LogP contribution in [0.3, 0.4) is 0 Å². The summed E-state index contributed by atoms with van der Waals surface area (Å²) in [6.45, 7) is 6.99. The third-order valence-electron chi connectivity index (χ3n) is 5.09. The molecule has 4 rings (SSSR count). The molecule has 3 aromatic heterocycles. The van der Waals surface area contributed by atoms with Gasteiger partial charge in [0.15, 0.2) is 5.65 Å². The van der Waals surface area contributed by atoms with Crippen molar-refractivity contribution in [2.24, 2.45) is 0 Å². The average molecular weight is 398 g/mol. The smallest absolute Gasteiger partial charge is 0.186 e. The van der Waals surface area contributed by atoms with Gasteiger partial charge >= 0.3 is 0 Å². The number of aryl methyl sites for hydroxylation is 3. The molecule has 0 aliphatic carbocycles. The van der Waals surface area contributed by atoms with E-state index in [0.29, 0.717) is 35.9 Å². The van der Waals surface area contributed by atoms with Gasteiger partial charge in [0.25, 0.3) is 0 Å². The van der Waals surface area contributed by atoms with E-state index >= 15 is 0 Å². The fourth-order valence-corrected chi connectivity index (χ4v) is 3.54. The van der Waals surface area contributed by atoms with Crippen LogP contribution in [0.4, 0.5) is 11.6 Å². The number of fused-ring (bicyclic) bond motifs is 1. The minimum atomic E-state index is 0.485.